The number of anilines is 1. The highest BCUT2D eigenvalue weighted by molar-refractivity contribution is 6.01. The zero-order valence-electron chi connectivity index (χ0n) is 17.4. The van der Waals surface area contributed by atoms with Crippen molar-refractivity contribution in [2.45, 2.75) is 32.6 Å². The number of hydrogen-bond acceptors (Lipinski definition) is 5. The number of hydrogen-bond donors (Lipinski definition) is 1. The molecule has 6 nitrogen and oxygen atoms in total. The zero-order valence-corrected chi connectivity index (χ0v) is 17.4. The molecule has 0 bridgehead atoms. The maximum absolute atomic E-state index is 12.5. The first-order valence-electron chi connectivity index (χ1n) is 10.0. The lowest BCUT2D eigenvalue weighted by Gasteiger charge is -2.22. The van der Waals surface area contributed by atoms with Gasteiger partial charge in [-0.2, -0.15) is 5.10 Å². The van der Waals surface area contributed by atoms with Gasteiger partial charge in [-0.15, -0.1) is 0 Å². The Morgan fingerprint density at radius 1 is 0.897 bits per heavy atom. The number of methoxy groups -OCH3 is 2. The summed E-state index contributed by atoms with van der Waals surface area (Å²) in [7, 11) is 3.10. The van der Waals surface area contributed by atoms with E-state index in [9.17, 15) is 4.79 Å². The minimum absolute atomic E-state index is 0.317. The molecule has 0 aromatic heterocycles. The minimum Gasteiger partial charge on any atom is -0.497 e. The van der Waals surface area contributed by atoms with Crippen molar-refractivity contribution in [1.29, 1.82) is 0 Å². The first-order chi connectivity index (χ1) is 14.1. The van der Waals surface area contributed by atoms with Crippen molar-refractivity contribution < 1.29 is 14.3 Å². The molecule has 1 fully saturated rings. The van der Waals surface area contributed by atoms with Crippen molar-refractivity contribution in [3.63, 3.8) is 0 Å². The van der Waals surface area contributed by atoms with Crippen LogP contribution in [0.3, 0.4) is 0 Å². The van der Waals surface area contributed by atoms with Crippen molar-refractivity contribution in [2.75, 3.05) is 32.2 Å². The molecular formula is C23H29N3O3. The molecule has 1 amide bonds. The number of nitrogens with zero attached hydrogens (tertiary/aromatic N) is 2. The second-order valence-electron chi connectivity index (χ2n) is 7.19. The summed E-state index contributed by atoms with van der Waals surface area (Å²) in [5.41, 5.74) is 6.01. The number of carbonyl (C=O) groups excluding carboxylic acids is 1. The molecule has 154 valence electrons. The number of benzene rings is 2. The van der Waals surface area contributed by atoms with Crippen LogP contribution in [0.1, 0.15) is 48.5 Å². The van der Waals surface area contributed by atoms with Gasteiger partial charge in [0.25, 0.3) is 5.91 Å². The van der Waals surface area contributed by atoms with Crippen molar-refractivity contribution in [3.05, 3.63) is 53.6 Å². The summed E-state index contributed by atoms with van der Waals surface area (Å²) in [5.74, 6) is 0.793. The van der Waals surface area contributed by atoms with Gasteiger partial charge in [-0.25, -0.2) is 5.43 Å². The lowest BCUT2D eigenvalue weighted by Crippen LogP contribution is -2.23. The summed E-state index contributed by atoms with van der Waals surface area (Å²) in [6, 6.07) is 13.4. The largest absolute Gasteiger partial charge is 0.497 e. The van der Waals surface area contributed by atoms with Gasteiger partial charge in [0.05, 0.1) is 19.9 Å². The maximum atomic E-state index is 12.5. The van der Waals surface area contributed by atoms with E-state index in [1.165, 1.54) is 31.4 Å². The third-order valence-corrected chi connectivity index (χ3v) is 5.20. The van der Waals surface area contributed by atoms with E-state index in [1.54, 1.807) is 32.4 Å². The lowest BCUT2D eigenvalue weighted by atomic mass is 10.1. The predicted octanol–water partition coefficient (Wildman–Crippen LogP) is 4.24. The van der Waals surface area contributed by atoms with Crippen LogP contribution in [0, 0.1) is 0 Å². The van der Waals surface area contributed by atoms with Crippen molar-refractivity contribution in [2.24, 2.45) is 5.10 Å². The SMILES string of the molecule is COc1cc(OC)cc(C(=O)N/N=C(/C)c2ccc(N3CCCCCC3)cc2)c1. The van der Waals surface area contributed by atoms with Crippen molar-refractivity contribution in [1.82, 2.24) is 5.43 Å². The van der Waals surface area contributed by atoms with Crippen LogP contribution in [0.2, 0.25) is 0 Å². The Morgan fingerprint density at radius 2 is 1.48 bits per heavy atom. The number of carbonyl (C=O) groups is 1. The van der Waals surface area contributed by atoms with Crippen LogP contribution in [0.5, 0.6) is 11.5 Å². The summed E-state index contributed by atoms with van der Waals surface area (Å²) in [6.45, 7) is 4.12. The minimum atomic E-state index is -0.317. The van der Waals surface area contributed by atoms with Gasteiger partial charge in [0.15, 0.2) is 0 Å². The van der Waals surface area contributed by atoms with Gasteiger partial charge in [0, 0.05) is 30.4 Å². The molecule has 1 saturated heterocycles. The molecule has 29 heavy (non-hydrogen) atoms. The third kappa shape index (κ3) is 5.50. The van der Waals surface area contributed by atoms with E-state index in [2.05, 4.69) is 39.7 Å². The predicted molar refractivity (Wildman–Crippen MR) is 116 cm³/mol. The Bertz CT molecular complexity index is 832. The van der Waals surface area contributed by atoms with E-state index >= 15 is 0 Å². The number of amides is 1. The number of nitrogens with one attached hydrogen (secondary N) is 1. The summed E-state index contributed by atoms with van der Waals surface area (Å²) >= 11 is 0. The average molecular weight is 396 g/mol. The molecular weight excluding hydrogens is 366 g/mol. The van der Waals surface area contributed by atoms with Crippen LogP contribution >= 0.6 is 0 Å². The maximum Gasteiger partial charge on any atom is 0.271 e. The molecule has 6 heteroatoms. The van der Waals surface area contributed by atoms with Crippen LogP contribution < -0.4 is 19.8 Å². The smallest absolute Gasteiger partial charge is 0.271 e. The van der Waals surface area contributed by atoms with Crippen molar-refractivity contribution >= 4 is 17.3 Å². The molecule has 0 saturated carbocycles. The van der Waals surface area contributed by atoms with Gasteiger partial charge in [0.1, 0.15) is 11.5 Å². The molecule has 1 aliphatic heterocycles. The Morgan fingerprint density at radius 3 is 2.03 bits per heavy atom. The Balaban J connectivity index is 1.67. The van der Waals surface area contributed by atoms with E-state index in [0.717, 1.165) is 24.4 Å². The first-order valence-corrected chi connectivity index (χ1v) is 10.0. The van der Waals surface area contributed by atoms with E-state index in [4.69, 9.17) is 9.47 Å². The van der Waals surface area contributed by atoms with Gasteiger partial charge < -0.3 is 14.4 Å². The van der Waals surface area contributed by atoms with E-state index in [1.807, 2.05) is 6.92 Å². The Kier molecular flexibility index (Phi) is 7.11. The average Bonchev–Trinajstić information content (AvgIpc) is 3.06. The van der Waals surface area contributed by atoms with E-state index in [0.29, 0.717) is 17.1 Å². The normalized spacial score (nSPS) is 14.9. The van der Waals surface area contributed by atoms with E-state index in [-0.39, 0.29) is 5.91 Å². The summed E-state index contributed by atoms with van der Waals surface area (Å²) in [6.07, 6.45) is 5.14. The quantitative estimate of drug-likeness (QED) is 0.587. The summed E-state index contributed by atoms with van der Waals surface area (Å²) < 4.78 is 10.4. The van der Waals surface area contributed by atoms with Crippen LogP contribution in [0.4, 0.5) is 5.69 Å². The highest BCUT2D eigenvalue weighted by atomic mass is 16.5. The summed E-state index contributed by atoms with van der Waals surface area (Å²) in [5, 5.41) is 4.26. The number of rotatable bonds is 6. The third-order valence-electron chi connectivity index (χ3n) is 5.20. The Labute approximate surface area is 172 Å². The second kappa shape index (κ2) is 9.96. The monoisotopic (exact) mass is 395 g/mol. The molecule has 1 aliphatic rings. The van der Waals surface area contributed by atoms with Gasteiger partial charge in [-0.3, -0.25) is 4.79 Å². The molecule has 1 N–H and O–H groups in total. The topological polar surface area (TPSA) is 63.2 Å². The molecule has 0 unspecified atom stereocenters. The van der Waals surface area contributed by atoms with Crippen molar-refractivity contribution in [3.8, 4) is 11.5 Å². The first kappa shape index (κ1) is 20.7. The molecule has 0 radical (unpaired) electrons. The summed E-state index contributed by atoms with van der Waals surface area (Å²) in [4.78, 5) is 14.9. The van der Waals surface area contributed by atoms with Gasteiger partial charge in [-0.1, -0.05) is 25.0 Å². The van der Waals surface area contributed by atoms with Crippen LogP contribution in [-0.4, -0.2) is 38.9 Å². The van der Waals surface area contributed by atoms with Gasteiger partial charge >= 0.3 is 0 Å². The molecule has 0 aliphatic carbocycles. The van der Waals surface area contributed by atoms with Crippen LogP contribution in [-0.2, 0) is 0 Å². The highest BCUT2D eigenvalue weighted by Gasteiger charge is 2.11. The fraction of sp³-hybridized carbons (Fsp3) is 0.391. The molecule has 1 heterocycles. The van der Waals surface area contributed by atoms with Crippen LogP contribution in [0.15, 0.2) is 47.6 Å². The second-order valence-corrected chi connectivity index (χ2v) is 7.19. The molecule has 2 aromatic carbocycles. The number of ether oxygens (including phenoxy) is 2. The standard InChI is InChI=1S/C23H29N3O3/c1-17(18-8-10-20(11-9-18)26-12-6-4-5-7-13-26)24-25-23(27)19-14-21(28-2)16-22(15-19)29-3/h8-11,14-16H,4-7,12-13H2,1-3H3,(H,25,27)/b24-17-. The van der Waals surface area contributed by atoms with Crippen LogP contribution in [0.25, 0.3) is 0 Å². The Hall–Kier alpha value is -3.02. The van der Waals surface area contributed by atoms with E-state index < -0.39 is 0 Å². The van der Waals surface area contributed by atoms with Gasteiger partial charge in [-0.05, 0) is 49.6 Å². The van der Waals surface area contributed by atoms with Gasteiger partial charge in [0.2, 0.25) is 0 Å². The lowest BCUT2D eigenvalue weighted by molar-refractivity contribution is 0.0954. The molecule has 0 atom stereocenters. The molecule has 3 rings (SSSR count). The molecule has 2 aromatic rings. The zero-order chi connectivity index (χ0) is 20.6. The molecule has 0 spiro atoms. The number of hydrazone groups is 1. The highest BCUT2D eigenvalue weighted by Crippen LogP contribution is 2.23. The fourth-order valence-electron chi connectivity index (χ4n) is 3.44. The fourth-order valence-corrected chi connectivity index (χ4v) is 3.44.